The molecule has 4 rings (SSSR count). The molecule has 1 fully saturated rings. The monoisotopic (exact) mass is 386 g/mol. The quantitative estimate of drug-likeness (QED) is 0.648. The molecule has 0 unspecified atom stereocenters. The predicted molar refractivity (Wildman–Crippen MR) is 106 cm³/mol. The van der Waals surface area contributed by atoms with Crippen LogP contribution < -0.4 is 0 Å². The number of benzene rings is 1. The molecule has 142 valence electrons. The molecule has 1 amide bonds. The fourth-order valence-electron chi connectivity index (χ4n) is 3.53. The Morgan fingerprint density at radius 1 is 1.26 bits per heavy atom. The Morgan fingerprint density at radius 2 is 2.00 bits per heavy atom. The molecule has 0 spiro atoms. The summed E-state index contributed by atoms with van der Waals surface area (Å²) in [6.07, 6.45) is 4.37. The molecule has 3 heterocycles. The molecule has 1 aliphatic heterocycles. The summed E-state index contributed by atoms with van der Waals surface area (Å²) in [4.78, 5) is 22.7. The largest absolute Gasteiger partial charge is 0.336 e. The van der Waals surface area contributed by atoms with Gasteiger partial charge in [-0.25, -0.2) is 9.37 Å². The zero-order valence-corrected chi connectivity index (χ0v) is 16.2. The van der Waals surface area contributed by atoms with Crippen LogP contribution in [0.1, 0.15) is 30.3 Å². The van der Waals surface area contributed by atoms with Crippen LogP contribution >= 0.6 is 11.3 Å². The van der Waals surface area contributed by atoms with Crippen LogP contribution in [0.25, 0.3) is 16.2 Å². The highest BCUT2D eigenvalue weighted by molar-refractivity contribution is 7.15. The number of likely N-dealkylation sites (N-methyl/N-ethyl adjacent to an activating group) is 1. The van der Waals surface area contributed by atoms with Gasteiger partial charge in [0.1, 0.15) is 11.5 Å². The highest BCUT2D eigenvalue weighted by Gasteiger charge is 2.21. The molecule has 0 saturated carbocycles. The van der Waals surface area contributed by atoms with Gasteiger partial charge in [-0.05, 0) is 57.1 Å². The summed E-state index contributed by atoms with van der Waals surface area (Å²) >= 11 is 1.45. The van der Waals surface area contributed by atoms with Crippen LogP contribution in [0, 0.1) is 5.82 Å². The molecule has 1 aliphatic rings. The maximum Gasteiger partial charge on any atom is 0.271 e. The molecule has 1 aromatic carbocycles. The number of halogens is 1. The van der Waals surface area contributed by atoms with Crippen LogP contribution in [0.4, 0.5) is 4.39 Å². The van der Waals surface area contributed by atoms with Crippen LogP contribution in [0.2, 0.25) is 0 Å². The number of likely N-dealkylation sites (tertiary alicyclic amines) is 1. The first kappa shape index (κ1) is 18.1. The van der Waals surface area contributed by atoms with Crippen molar-refractivity contribution >= 4 is 22.2 Å². The standard InChI is InChI=1S/C20H23FN4OS/c1-2-24(12-11-23-9-3-4-10-23)19(26)18-14-27-20-22-17(13-25(18)20)15-5-7-16(21)8-6-15/h5-8,13-14H,2-4,9-12H2,1H3. The lowest BCUT2D eigenvalue weighted by Crippen LogP contribution is -2.38. The van der Waals surface area contributed by atoms with Crippen molar-refractivity contribution in [1.82, 2.24) is 19.2 Å². The maximum atomic E-state index is 13.2. The van der Waals surface area contributed by atoms with Gasteiger partial charge in [-0.2, -0.15) is 0 Å². The lowest BCUT2D eigenvalue weighted by atomic mass is 10.2. The van der Waals surface area contributed by atoms with E-state index in [-0.39, 0.29) is 11.7 Å². The van der Waals surface area contributed by atoms with Crippen LogP contribution in [0.15, 0.2) is 35.8 Å². The van der Waals surface area contributed by atoms with Gasteiger partial charge in [0.05, 0.1) is 5.69 Å². The van der Waals surface area contributed by atoms with E-state index in [1.807, 2.05) is 27.8 Å². The smallest absolute Gasteiger partial charge is 0.271 e. The Balaban J connectivity index is 1.54. The van der Waals surface area contributed by atoms with E-state index in [2.05, 4.69) is 9.88 Å². The van der Waals surface area contributed by atoms with Crippen molar-refractivity contribution in [3.63, 3.8) is 0 Å². The summed E-state index contributed by atoms with van der Waals surface area (Å²) in [5, 5.41) is 1.87. The van der Waals surface area contributed by atoms with Gasteiger partial charge in [0.25, 0.3) is 5.91 Å². The molecule has 27 heavy (non-hydrogen) atoms. The third-order valence-corrected chi connectivity index (χ3v) is 5.96. The van der Waals surface area contributed by atoms with E-state index in [4.69, 9.17) is 0 Å². The lowest BCUT2D eigenvalue weighted by molar-refractivity contribution is 0.0743. The number of nitrogens with zero attached hydrogens (tertiary/aromatic N) is 4. The molecule has 2 aromatic heterocycles. The van der Waals surface area contributed by atoms with E-state index in [0.29, 0.717) is 12.2 Å². The maximum absolute atomic E-state index is 13.2. The number of hydrogen-bond donors (Lipinski definition) is 0. The van der Waals surface area contributed by atoms with Gasteiger partial charge in [-0.3, -0.25) is 9.20 Å². The third-order valence-electron chi connectivity index (χ3n) is 5.12. The summed E-state index contributed by atoms with van der Waals surface area (Å²) in [5.74, 6) is -0.238. The molecule has 0 N–H and O–H groups in total. The Labute approximate surface area is 162 Å². The topological polar surface area (TPSA) is 40.8 Å². The van der Waals surface area contributed by atoms with Gasteiger partial charge in [-0.1, -0.05) is 0 Å². The summed E-state index contributed by atoms with van der Waals surface area (Å²) in [7, 11) is 0. The second kappa shape index (κ2) is 7.78. The van der Waals surface area contributed by atoms with Crippen molar-refractivity contribution in [1.29, 1.82) is 0 Å². The van der Waals surface area contributed by atoms with Crippen LogP contribution in [0.5, 0.6) is 0 Å². The van der Waals surface area contributed by atoms with Gasteiger partial charge in [0.15, 0.2) is 4.96 Å². The fourth-order valence-corrected chi connectivity index (χ4v) is 4.38. The van der Waals surface area contributed by atoms with Crippen molar-refractivity contribution < 1.29 is 9.18 Å². The molecule has 0 atom stereocenters. The molecule has 5 nitrogen and oxygen atoms in total. The zero-order chi connectivity index (χ0) is 18.8. The number of carbonyl (C=O) groups excluding carboxylic acids is 1. The molecular weight excluding hydrogens is 363 g/mol. The number of thiazole rings is 1. The second-order valence-electron chi connectivity index (χ2n) is 6.84. The first-order valence-electron chi connectivity index (χ1n) is 9.40. The van der Waals surface area contributed by atoms with E-state index >= 15 is 0 Å². The molecule has 1 saturated heterocycles. The summed E-state index contributed by atoms with van der Waals surface area (Å²) in [5.41, 5.74) is 2.22. The minimum absolute atomic E-state index is 0.0333. The number of rotatable bonds is 6. The lowest BCUT2D eigenvalue weighted by Gasteiger charge is -2.23. The highest BCUT2D eigenvalue weighted by atomic mass is 32.1. The summed E-state index contributed by atoms with van der Waals surface area (Å²) < 4.78 is 15.0. The van der Waals surface area contributed by atoms with Gasteiger partial charge in [0.2, 0.25) is 0 Å². The van der Waals surface area contributed by atoms with Crippen molar-refractivity contribution in [2.75, 3.05) is 32.7 Å². The van der Waals surface area contributed by atoms with Gasteiger partial charge >= 0.3 is 0 Å². The average Bonchev–Trinajstić information content (AvgIpc) is 3.39. The molecule has 3 aromatic rings. The number of carbonyl (C=O) groups is 1. The van der Waals surface area contributed by atoms with Gasteiger partial charge in [-0.15, -0.1) is 11.3 Å². The first-order chi connectivity index (χ1) is 13.2. The number of aromatic nitrogens is 2. The first-order valence-corrected chi connectivity index (χ1v) is 10.3. The van der Waals surface area contributed by atoms with Crippen molar-refractivity contribution in [2.24, 2.45) is 0 Å². The van der Waals surface area contributed by atoms with E-state index < -0.39 is 0 Å². The summed E-state index contributed by atoms with van der Waals surface area (Å²) in [6, 6.07) is 6.26. The predicted octanol–water partition coefficient (Wildman–Crippen LogP) is 3.76. The van der Waals surface area contributed by atoms with Crippen LogP contribution in [0.3, 0.4) is 0 Å². The molecule has 7 heteroatoms. The number of amides is 1. The number of imidazole rings is 1. The number of fused-ring (bicyclic) bond motifs is 1. The SMILES string of the molecule is CCN(CCN1CCCC1)C(=O)c1csc2nc(-c3ccc(F)cc3)cn12. The minimum Gasteiger partial charge on any atom is -0.336 e. The molecule has 0 bridgehead atoms. The molecule has 0 radical (unpaired) electrons. The minimum atomic E-state index is -0.271. The molecule has 0 aliphatic carbocycles. The Bertz CT molecular complexity index is 927. The molecular formula is C20H23FN4OS. The van der Waals surface area contributed by atoms with Gasteiger partial charge < -0.3 is 9.80 Å². The zero-order valence-electron chi connectivity index (χ0n) is 15.4. The highest BCUT2D eigenvalue weighted by Crippen LogP contribution is 2.24. The Morgan fingerprint density at radius 3 is 2.70 bits per heavy atom. The van der Waals surface area contributed by atoms with Crippen molar-refractivity contribution in [2.45, 2.75) is 19.8 Å². The van der Waals surface area contributed by atoms with E-state index in [9.17, 15) is 9.18 Å². The Hall–Kier alpha value is -2.25. The van der Waals surface area contributed by atoms with Crippen molar-refractivity contribution in [3.8, 4) is 11.3 Å². The average molecular weight is 386 g/mol. The second-order valence-corrected chi connectivity index (χ2v) is 7.68. The van der Waals surface area contributed by atoms with E-state index in [1.165, 1.54) is 36.3 Å². The number of hydrogen-bond acceptors (Lipinski definition) is 4. The fraction of sp³-hybridized carbons (Fsp3) is 0.400. The van der Waals surface area contributed by atoms with Gasteiger partial charge in [0, 0.05) is 36.8 Å². The normalized spacial score (nSPS) is 14.9. The summed E-state index contributed by atoms with van der Waals surface area (Å²) in [6.45, 7) is 6.64. The van der Waals surface area contributed by atoms with Crippen molar-refractivity contribution in [3.05, 3.63) is 47.4 Å². The van der Waals surface area contributed by atoms with Crippen LogP contribution in [-0.4, -0.2) is 57.8 Å². The third kappa shape index (κ3) is 3.75. The van der Waals surface area contributed by atoms with E-state index in [0.717, 1.165) is 42.4 Å². The van der Waals surface area contributed by atoms with E-state index in [1.54, 1.807) is 12.1 Å². The van der Waals surface area contributed by atoms with Crippen LogP contribution in [-0.2, 0) is 0 Å². The Kier molecular flexibility index (Phi) is 5.22.